The first-order valence-corrected chi connectivity index (χ1v) is 8.99. The van der Waals surface area contributed by atoms with E-state index in [1.54, 1.807) is 25.3 Å². The molecule has 1 aromatic rings. The summed E-state index contributed by atoms with van der Waals surface area (Å²) in [6.07, 6.45) is 1.82. The van der Waals surface area contributed by atoms with Gasteiger partial charge in [-0.1, -0.05) is 0 Å². The molecule has 7 heteroatoms. The summed E-state index contributed by atoms with van der Waals surface area (Å²) < 4.78 is 32.8. The minimum Gasteiger partial charge on any atom is -0.496 e. The lowest BCUT2D eigenvalue weighted by Gasteiger charge is -2.22. The summed E-state index contributed by atoms with van der Waals surface area (Å²) in [5.41, 5.74) is 0.548. The highest BCUT2D eigenvalue weighted by molar-refractivity contribution is 9.10. The van der Waals surface area contributed by atoms with Gasteiger partial charge in [0.1, 0.15) is 5.75 Å². The lowest BCUT2D eigenvalue weighted by atomic mass is 10.0. The highest BCUT2D eigenvalue weighted by atomic mass is 79.9. The van der Waals surface area contributed by atoms with Gasteiger partial charge in [0.15, 0.2) is 0 Å². The molecule has 0 saturated carbocycles. The number of sulfonamides is 1. The maximum atomic E-state index is 12.2. The molecule has 1 heterocycles. The number of benzene rings is 1. The van der Waals surface area contributed by atoms with Crippen molar-refractivity contribution in [1.82, 2.24) is 5.32 Å². The van der Waals surface area contributed by atoms with E-state index in [9.17, 15) is 8.42 Å². The Morgan fingerprint density at radius 1 is 1.40 bits per heavy atom. The summed E-state index contributed by atoms with van der Waals surface area (Å²) in [5.74, 6) is 1.08. The minimum absolute atomic E-state index is 0.179. The van der Waals surface area contributed by atoms with Gasteiger partial charge in [0.05, 0.1) is 17.3 Å². The third-order valence-electron chi connectivity index (χ3n) is 3.34. The Morgan fingerprint density at radius 2 is 2.10 bits per heavy atom. The maximum Gasteiger partial charge on any atom is 0.232 e. The predicted octanol–water partition coefficient (Wildman–Crippen LogP) is 2.20. The molecule has 0 amide bonds. The minimum atomic E-state index is -3.31. The van der Waals surface area contributed by atoms with Crippen LogP contribution in [0.5, 0.6) is 5.75 Å². The topological polar surface area (TPSA) is 67.4 Å². The van der Waals surface area contributed by atoms with Crippen LogP contribution in [0.15, 0.2) is 22.7 Å². The molecular weight excluding hydrogens is 344 g/mol. The number of ether oxygens (including phenoxy) is 1. The zero-order chi connectivity index (χ0) is 14.6. The van der Waals surface area contributed by atoms with Gasteiger partial charge in [0, 0.05) is 5.69 Å². The van der Waals surface area contributed by atoms with Gasteiger partial charge < -0.3 is 10.1 Å². The summed E-state index contributed by atoms with van der Waals surface area (Å²) in [7, 11) is -1.74. The van der Waals surface area contributed by atoms with Crippen molar-refractivity contribution in [2.75, 3.05) is 30.7 Å². The Balaban J connectivity index is 2.02. The van der Waals surface area contributed by atoms with Gasteiger partial charge >= 0.3 is 0 Å². The van der Waals surface area contributed by atoms with E-state index in [2.05, 4.69) is 26.0 Å². The average Bonchev–Trinajstić information content (AvgIpc) is 2.39. The van der Waals surface area contributed by atoms with Gasteiger partial charge in [-0.05, 0) is 66.0 Å². The zero-order valence-corrected chi connectivity index (χ0v) is 13.8. The number of nitrogens with one attached hydrogen (secondary N) is 2. The molecule has 0 spiro atoms. The maximum absolute atomic E-state index is 12.2. The number of halogens is 1. The van der Waals surface area contributed by atoms with Crippen LogP contribution in [-0.2, 0) is 10.0 Å². The lowest BCUT2D eigenvalue weighted by Crippen LogP contribution is -2.33. The van der Waals surface area contributed by atoms with Gasteiger partial charge in [0.25, 0.3) is 0 Å². The second-order valence-electron chi connectivity index (χ2n) is 4.93. The van der Waals surface area contributed by atoms with E-state index in [-0.39, 0.29) is 11.7 Å². The molecule has 112 valence electrons. The second-order valence-corrected chi connectivity index (χ2v) is 7.55. The second kappa shape index (κ2) is 6.78. The fourth-order valence-electron chi connectivity index (χ4n) is 2.31. The number of anilines is 1. The molecule has 0 aromatic heterocycles. The molecule has 1 aliphatic heterocycles. The summed E-state index contributed by atoms with van der Waals surface area (Å²) in [4.78, 5) is 0. The fraction of sp³-hybridized carbons (Fsp3) is 0.538. The van der Waals surface area contributed by atoms with Crippen molar-refractivity contribution < 1.29 is 13.2 Å². The fourth-order valence-corrected chi connectivity index (χ4v) is 4.37. The van der Waals surface area contributed by atoms with Crippen LogP contribution in [0.1, 0.15) is 12.8 Å². The van der Waals surface area contributed by atoms with Gasteiger partial charge in [0.2, 0.25) is 10.0 Å². The van der Waals surface area contributed by atoms with Crippen LogP contribution >= 0.6 is 15.9 Å². The monoisotopic (exact) mass is 362 g/mol. The summed E-state index contributed by atoms with van der Waals surface area (Å²) >= 11 is 3.35. The number of rotatable bonds is 5. The molecular formula is C13H19BrN2O3S. The van der Waals surface area contributed by atoms with Crippen molar-refractivity contribution in [2.24, 2.45) is 5.92 Å². The van der Waals surface area contributed by atoms with Crippen molar-refractivity contribution in [3.63, 3.8) is 0 Å². The Kier molecular flexibility index (Phi) is 5.29. The first kappa shape index (κ1) is 15.6. The first-order valence-electron chi connectivity index (χ1n) is 6.55. The Morgan fingerprint density at radius 3 is 2.70 bits per heavy atom. The van der Waals surface area contributed by atoms with Crippen LogP contribution < -0.4 is 14.8 Å². The van der Waals surface area contributed by atoms with Gasteiger partial charge in [-0.15, -0.1) is 0 Å². The average molecular weight is 363 g/mol. The van der Waals surface area contributed by atoms with Crippen LogP contribution in [0.3, 0.4) is 0 Å². The molecule has 2 rings (SSSR count). The normalized spacial score (nSPS) is 16.9. The molecule has 20 heavy (non-hydrogen) atoms. The van der Waals surface area contributed by atoms with Crippen LogP contribution in [0.25, 0.3) is 0 Å². The highest BCUT2D eigenvalue weighted by Gasteiger charge is 2.21. The van der Waals surface area contributed by atoms with E-state index in [0.717, 1.165) is 30.4 Å². The largest absolute Gasteiger partial charge is 0.496 e. The molecule has 0 atom stereocenters. The molecule has 2 N–H and O–H groups in total. The number of piperidine rings is 1. The zero-order valence-electron chi connectivity index (χ0n) is 11.4. The molecule has 5 nitrogen and oxygen atoms in total. The molecule has 0 bridgehead atoms. The summed E-state index contributed by atoms with van der Waals surface area (Å²) in [5, 5.41) is 3.23. The van der Waals surface area contributed by atoms with E-state index in [4.69, 9.17) is 4.74 Å². The van der Waals surface area contributed by atoms with E-state index in [1.807, 2.05) is 0 Å². The Bertz CT molecular complexity index is 557. The molecule has 1 fully saturated rings. The molecule has 1 saturated heterocycles. The predicted molar refractivity (Wildman–Crippen MR) is 83.7 cm³/mol. The highest BCUT2D eigenvalue weighted by Crippen LogP contribution is 2.28. The summed E-state index contributed by atoms with van der Waals surface area (Å²) in [6, 6.07) is 5.13. The van der Waals surface area contributed by atoms with E-state index >= 15 is 0 Å². The summed E-state index contributed by atoms with van der Waals surface area (Å²) in [6.45, 7) is 1.79. The van der Waals surface area contributed by atoms with Gasteiger partial charge in [-0.2, -0.15) is 0 Å². The molecule has 0 radical (unpaired) electrons. The number of hydrogen-bond acceptors (Lipinski definition) is 4. The third-order valence-corrected chi connectivity index (χ3v) is 5.42. The lowest BCUT2D eigenvalue weighted by molar-refractivity contribution is 0.402. The SMILES string of the molecule is COc1ccc(NS(=O)(=O)CC2CCNCC2)cc1Br. The van der Waals surface area contributed by atoms with Crippen molar-refractivity contribution >= 4 is 31.6 Å². The third kappa shape index (κ3) is 4.36. The molecule has 0 aliphatic carbocycles. The molecule has 0 unspecified atom stereocenters. The number of methoxy groups -OCH3 is 1. The van der Waals surface area contributed by atoms with Crippen molar-refractivity contribution in [3.8, 4) is 5.75 Å². The van der Waals surface area contributed by atoms with Crippen LogP contribution in [0.2, 0.25) is 0 Å². The Hall–Kier alpha value is -0.790. The first-order chi connectivity index (χ1) is 9.50. The van der Waals surface area contributed by atoms with Gasteiger partial charge in [-0.25, -0.2) is 8.42 Å². The van der Waals surface area contributed by atoms with Crippen LogP contribution in [0, 0.1) is 5.92 Å². The van der Waals surface area contributed by atoms with E-state index in [0.29, 0.717) is 11.4 Å². The van der Waals surface area contributed by atoms with Crippen LogP contribution in [0.4, 0.5) is 5.69 Å². The number of hydrogen-bond donors (Lipinski definition) is 2. The Labute approximate surface area is 128 Å². The quantitative estimate of drug-likeness (QED) is 0.842. The van der Waals surface area contributed by atoms with Crippen molar-refractivity contribution in [1.29, 1.82) is 0 Å². The van der Waals surface area contributed by atoms with E-state index < -0.39 is 10.0 Å². The molecule has 1 aliphatic rings. The smallest absolute Gasteiger partial charge is 0.232 e. The van der Waals surface area contributed by atoms with Crippen molar-refractivity contribution in [3.05, 3.63) is 22.7 Å². The molecule has 1 aromatic carbocycles. The van der Waals surface area contributed by atoms with Gasteiger partial charge in [-0.3, -0.25) is 4.72 Å². The van der Waals surface area contributed by atoms with E-state index in [1.165, 1.54) is 0 Å². The van der Waals surface area contributed by atoms with Crippen LogP contribution in [-0.4, -0.2) is 34.4 Å². The van der Waals surface area contributed by atoms with Crippen molar-refractivity contribution in [2.45, 2.75) is 12.8 Å². The standard InChI is InChI=1S/C13H19BrN2O3S/c1-19-13-3-2-11(8-12(13)14)16-20(17,18)9-10-4-6-15-7-5-10/h2-3,8,10,15-16H,4-7,9H2,1H3.